The first-order valence-corrected chi connectivity index (χ1v) is 6.95. The summed E-state index contributed by atoms with van der Waals surface area (Å²) in [6.07, 6.45) is 1.07. The van der Waals surface area contributed by atoms with Crippen LogP contribution in [0.5, 0.6) is 0 Å². The Morgan fingerprint density at radius 3 is 2.56 bits per heavy atom. The van der Waals surface area contributed by atoms with E-state index in [1.54, 1.807) is 11.8 Å². The number of nitrogens with zero attached hydrogens (tertiary/aromatic N) is 1. The van der Waals surface area contributed by atoms with Gasteiger partial charge in [-0.05, 0) is 12.0 Å². The molecule has 1 aromatic rings. The van der Waals surface area contributed by atoms with E-state index >= 15 is 0 Å². The molecule has 0 bridgehead atoms. The molecule has 4 nitrogen and oxygen atoms in total. The van der Waals surface area contributed by atoms with Crippen LogP contribution in [0.1, 0.15) is 25.3 Å². The number of thioether (sulfide) groups is 1. The zero-order valence-electron chi connectivity index (χ0n) is 10.5. The maximum atomic E-state index is 10.5. The van der Waals surface area contributed by atoms with E-state index < -0.39 is 0 Å². The third-order valence-corrected chi connectivity index (χ3v) is 4.48. The molecular weight excluding hydrogens is 250 g/mol. The highest BCUT2D eigenvalue weighted by atomic mass is 32.2. The molecule has 0 aliphatic rings. The van der Waals surface area contributed by atoms with Crippen molar-refractivity contribution in [3.05, 3.63) is 46.0 Å². The molecule has 0 fully saturated rings. The summed E-state index contributed by atoms with van der Waals surface area (Å²) in [5, 5.41) is 19.5. The molecule has 0 spiro atoms. The molecule has 0 amide bonds. The molecule has 0 aliphatic carbocycles. The molecule has 0 aliphatic heterocycles. The van der Waals surface area contributed by atoms with E-state index in [4.69, 9.17) is 5.11 Å². The summed E-state index contributed by atoms with van der Waals surface area (Å²) in [6, 6.07) is 10.0. The molecule has 5 heteroatoms. The predicted octanol–water partition coefficient (Wildman–Crippen LogP) is 2.73. The van der Waals surface area contributed by atoms with Crippen LogP contribution in [0.25, 0.3) is 0 Å². The first-order valence-electron chi connectivity index (χ1n) is 5.96. The minimum atomic E-state index is -0.293. The van der Waals surface area contributed by atoms with E-state index in [9.17, 15) is 10.1 Å². The smallest absolute Gasteiger partial charge is 0.205 e. The summed E-state index contributed by atoms with van der Waals surface area (Å²) in [7, 11) is 0. The number of hydrogen-bond donors (Lipinski definition) is 1. The number of rotatable bonds is 8. The molecular formula is C13H19NO3S. The Hall–Kier alpha value is -1.07. The van der Waals surface area contributed by atoms with Crippen LogP contribution in [0.3, 0.4) is 0 Å². The van der Waals surface area contributed by atoms with E-state index in [0.29, 0.717) is 12.8 Å². The fourth-order valence-electron chi connectivity index (χ4n) is 1.67. The number of hydrogen-bond acceptors (Lipinski definition) is 4. The summed E-state index contributed by atoms with van der Waals surface area (Å²) in [5.74, 6) is 0.815. The lowest BCUT2D eigenvalue weighted by Crippen LogP contribution is -2.25. The Bertz CT molecular complexity index is 372. The minimum absolute atomic E-state index is 0.0434. The van der Waals surface area contributed by atoms with Gasteiger partial charge in [-0.2, -0.15) is 11.8 Å². The second-order valence-electron chi connectivity index (χ2n) is 4.50. The van der Waals surface area contributed by atoms with Gasteiger partial charge in [0.2, 0.25) is 6.54 Å². The zero-order valence-corrected chi connectivity index (χ0v) is 11.4. The van der Waals surface area contributed by atoms with E-state index in [-0.39, 0.29) is 22.8 Å². The Morgan fingerprint density at radius 2 is 2.00 bits per heavy atom. The van der Waals surface area contributed by atoms with Crippen molar-refractivity contribution < 1.29 is 10.0 Å². The largest absolute Gasteiger partial charge is 0.396 e. The third kappa shape index (κ3) is 5.51. The van der Waals surface area contributed by atoms with Crippen molar-refractivity contribution in [2.75, 3.05) is 13.2 Å². The van der Waals surface area contributed by atoms with Crippen molar-refractivity contribution in [2.45, 2.75) is 30.3 Å². The average Bonchev–Trinajstić information content (AvgIpc) is 2.36. The maximum Gasteiger partial charge on any atom is 0.205 e. The van der Waals surface area contributed by atoms with Gasteiger partial charge in [-0.1, -0.05) is 37.3 Å². The van der Waals surface area contributed by atoms with Crippen LogP contribution in [0, 0.1) is 10.1 Å². The SMILES string of the molecule is CC(CCO)(CC[N+](=O)[O-])SCc1ccccc1. The van der Waals surface area contributed by atoms with E-state index in [1.165, 1.54) is 5.56 Å². The molecule has 1 atom stereocenters. The molecule has 1 unspecified atom stereocenters. The van der Waals surface area contributed by atoms with Gasteiger partial charge in [-0.15, -0.1) is 0 Å². The summed E-state index contributed by atoms with van der Waals surface area (Å²) in [5.41, 5.74) is 1.20. The summed E-state index contributed by atoms with van der Waals surface area (Å²) in [4.78, 5) is 10.2. The van der Waals surface area contributed by atoms with Crippen LogP contribution in [0.15, 0.2) is 30.3 Å². The van der Waals surface area contributed by atoms with Crippen LogP contribution < -0.4 is 0 Å². The van der Waals surface area contributed by atoms with Gasteiger partial charge in [-0.25, -0.2) is 0 Å². The van der Waals surface area contributed by atoms with Gasteiger partial charge < -0.3 is 5.11 Å². The zero-order chi connectivity index (χ0) is 13.4. The summed E-state index contributed by atoms with van der Waals surface area (Å²) < 4.78 is -0.238. The van der Waals surface area contributed by atoms with Crippen molar-refractivity contribution >= 4 is 11.8 Å². The van der Waals surface area contributed by atoms with Crippen molar-refractivity contribution in [2.24, 2.45) is 0 Å². The molecule has 1 N–H and O–H groups in total. The summed E-state index contributed by atoms with van der Waals surface area (Å²) >= 11 is 1.68. The van der Waals surface area contributed by atoms with E-state index in [0.717, 1.165) is 5.75 Å². The standard InChI is InChI=1S/C13H19NO3S/c1-13(8-10-15,7-9-14(16)17)18-11-12-5-3-2-4-6-12/h2-6,15H,7-11H2,1H3. The molecule has 18 heavy (non-hydrogen) atoms. The molecule has 0 radical (unpaired) electrons. The topological polar surface area (TPSA) is 63.4 Å². The number of nitro groups is 1. The van der Waals surface area contributed by atoms with Crippen molar-refractivity contribution in [3.63, 3.8) is 0 Å². The highest BCUT2D eigenvalue weighted by Gasteiger charge is 2.26. The lowest BCUT2D eigenvalue weighted by atomic mass is 10.0. The fraction of sp³-hybridized carbons (Fsp3) is 0.538. The Morgan fingerprint density at radius 1 is 1.33 bits per heavy atom. The molecule has 1 rings (SSSR count). The minimum Gasteiger partial charge on any atom is -0.396 e. The van der Waals surface area contributed by atoms with Gasteiger partial charge in [0.05, 0.1) is 0 Å². The van der Waals surface area contributed by atoms with Gasteiger partial charge in [-0.3, -0.25) is 10.1 Å². The van der Waals surface area contributed by atoms with Crippen molar-refractivity contribution in [1.29, 1.82) is 0 Å². The fourth-order valence-corrected chi connectivity index (χ4v) is 2.84. The normalized spacial score (nSPS) is 14.1. The lowest BCUT2D eigenvalue weighted by molar-refractivity contribution is -0.481. The Balaban J connectivity index is 2.53. The molecule has 0 saturated carbocycles. The van der Waals surface area contributed by atoms with Gasteiger partial charge in [0.15, 0.2) is 0 Å². The van der Waals surface area contributed by atoms with Crippen LogP contribution >= 0.6 is 11.8 Å². The second-order valence-corrected chi connectivity index (χ2v) is 6.07. The van der Waals surface area contributed by atoms with Crippen LogP contribution in [-0.4, -0.2) is 27.9 Å². The molecule has 1 aromatic carbocycles. The van der Waals surface area contributed by atoms with Crippen LogP contribution in [0.2, 0.25) is 0 Å². The third-order valence-electron chi connectivity index (χ3n) is 2.89. The predicted molar refractivity (Wildman–Crippen MR) is 74.3 cm³/mol. The first kappa shape index (κ1) is 15.0. The maximum absolute atomic E-state index is 10.5. The van der Waals surface area contributed by atoms with Crippen molar-refractivity contribution in [1.82, 2.24) is 0 Å². The van der Waals surface area contributed by atoms with E-state index in [2.05, 4.69) is 0 Å². The number of aliphatic hydroxyl groups is 1. The summed E-state index contributed by atoms with van der Waals surface area (Å²) in [6.45, 7) is 2.01. The Kier molecular flexibility index (Phi) is 6.15. The van der Waals surface area contributed by atoms with Gasteiger partial charge in [0, 0.05) is 28.5 Å². The molecule has 0 saturated heterocycles. The van der Waals surface area contributed by atoms with Crippen LogP contribution in [-0.2, 0) is 5.75 Å². The average molecular weight is 269 g/mol. The van der Waals surface area contributed by atoms with Gasteiger partial charge in [0.1, 0.15) is 0 Å². The highest BCUT2D eigenvalue weighted by molar-refractivity contribution is 7.99. The monoisotopic (exact) mass is 269 g/mol. The van der Waals surface area contributed by atoms with Crippen molar-refractivity contribution in [3.8, 4) is 0 Å². The second kappa shape index (κ2) is 7.38. The number of aliphatic hydroxyl groups excluding tert-OH is 1. The lowest BCUT2D eigenvalue weighted by Gasteiger charge is -2.26. The van der Waals surface area contributed by atoms with Gasteiger partial charge in [0.25, 0.3) is 0 Å². The first-order chi connectivity index (χ1) is 8.56. The highest BCUT2D eigenvalue weighted by Crippen LogP contribution is 2.34. The molecule has 0 aromatic heterocycles. The molecule has 0 heterocycles. The van der Waals surface area contributed by atoms with E-state index in [1.807, 2.05) is 37.3 Å². The number of benzene rings is 1. The quantitative estimate of drug-likeness (QED) is 0.582. The van der Waals surface area contributed by atoms with Gasteiger partial charge >= 0.3 is 0 Å². The Labute approximate surface area is 112 Å². The molecule has 100 valence electrons. The van der Waals surface area contributed by atoms with Crippen LogP contribution in [0.4, 0.5) is 0 Å².